The summed E-state index contributed by atoms with van der Waals surface area (Å²) in [6.07, 6.45) is 2.09. The molecule has 0 aliphatic heterocycles. The van der Waals surface area contributed by atoms with Gasteiger partial charge in [0.2, 0.25) is 0 Å². The Morgan fingerprint density at radius 2 is 2.06 bits per heavy atom. The van der Waals surface area contributed by atoms with Gasteiger partial charge in [-0.1, -0.05) is 31.5 Å². The van der Waals surface area contributed by atoms with Crippen LogP contribution < -0.4 is 0 Å². The van der Waals surface area contributed by atoms with Gasteiger partial charge < -0.3 is 0 Å². The number of aryl methyl sites for hydroxylation is 1. The zero-order valence-corrected chi connectivity index (χ0v) is 11.2. The molecule has 3 heteroatoms. The predicted molar refractivity (Wildman–Crippen MR) is 73.6 cm³/mol. The Balaban J connectivity index is 2.40. The lowest BCUT2D eigenvalue weighted by Gasteiger charge is -2.08. The van der Waals surface area contributed by atoms with E-state index in [1.54, 1.807) is 0 Å². The van der Waals surface area contributed by atoms with Crippen LogP contribution in [0.1, 0.15) is 26.0 Å². The molecule has 2 nitrogen and oxygen atoms in total. The molecule has 92 valence electrons. The highest BCUT2D eigenvalue weighted by Crippen LogP contribution is 2.22. The first-order valence-electron chi connectivity index (χ1n) is 6.30. The van der Waals surface area contributed by atoms with Gasteiger partial charge in [0.1, 0.15) is 0 Å². The predicted octanol–water partition coefficient (Wildman–Crippen LogP) is 3.86. The van der Waals surface area contributed by atoms with Crippen molar-refractivity contribution >= 4 is 22.5 Å². The molecule has 2 rings (SSSR count). The largest absolute Gasteiger partial charge is 0.265 e. The highest BCUT2D eigenvalue weighted by molar-refractivity contribution is 6.18. The van der Waals surface area contributed by atoms with Gasteiger partial charge in [0, 0.05) is 17.8 Å². The number of nitrogens with zero attached hydrogens (tertiary/aromatic N) is 2. The topological polar surface area (TPSA) is 17.8 Å². The van der Waals surface area contributed by atoms with E-state index in [1.807, 2.05) is 0 Å². The maximum Gasteiger partial charge on any atom is 0.0706 e. The summed E-state index contributed by atoms with van der Waals surface area (Å²) in [4.78, 5) is 0. The fourth-order valence-electron chi connectivity index (χ4n) is 2.17. The molecule has 1 unspecified atom stereocenters. The van der Waals surface area contributed by atoms with Crippen molar-refractivity contribution in [2.45, 2.75) is 33.2 Å². The highest BCUT2D eigenvalue weighted by Gasteiger charge is 2.13. The number of benzene rings is 1. The Labute approximate surface area is 108 Å². The van der Waals surface area contributed by atoms with Crippen LogP contribution in [-0.4, -0.2) is 15.7 Å². The summed E-state index contributed by atoms with van der Waals surface area (Å²) in [5.41, 5.74) is 2.42. The smallest absolute Gasteiger partial charge is 0.0706 e. The summed E-state index contributed by atoms with van der Waals surface area (Å²) in [5, 5.41) is 5.98. The van der Waals surface area contributed by atoms with Gasteiger partial charge in [-0.2, -0.15) is 5.10 Å². The zero-order chi connectivity index (χ0) is 12.3. The van der Waals surface area contributed by atoms with Crippen LogP contribution in [0.5, 0.6) is 0 Å². The fraction of sp³-hybridized carbons (Fsp3) is 0.500. The quantitative estimate of drug-likeness (QED) is 0.737. The molecular weight excluding hydrogens is 232 g/mol. The van der Waals surface area contributed by atoms with Gasteiger partial charge in [-0.05, 0) is 25.3 Å². The Hall–Kier alpha value is -1.02. The summed E-state index contributed by atoms with van der Waals surface area (Å²) < 4.78 is 2.08. The number of halogens is 1. The number of para-hydroxylation sites is 1. The number of hydrogen-bond donors (Lipinski definition) is 0. The summed E-state index contributed by atoms with van der Waals surface area (Å²) in [5.74, 6) is 1.24. The number of hydrogen-bond acceptors (Lipinski definition) is 1. The molecule has 0 aliphatic carbocycles. The van der Waals surface area contributed by atoms with Gasteiger partial charge in [-0.25, -0.2) is 0 Å². The zero-order valence-electron chi connectivity index (χ0n) is 10.5. The van der Waals surface area contributed by atoms with Crippen LogP contribution in [0, 0.1) is 5.92 Å². The third kappa shape index (κ3) is 2.47. The van der Waals surface area contributed by atoms with Gasteiger partial charge >= 0.3 is 0 Å². The van der Waals surface area contributed by atoms with Crippen LogP contribution in [0.2, 0.25) is 0 Å². The van der Waals surface area contributed by atoms with E-state index in [0.717, 1.165) is 19.4 Å². The van der Waals surface area contributed by atoms with Crippen LogP contribution in [0.4, 0.5) is 0 Å². The molecule has 1 aromatic carbocycles. The minimum Gasteiger partial charge on any atom is -0.265 e. The molecule has 2 aromatic rings. The second-order valence-electron chi connectivity index (χ2n) is 4.41. The summed E-state index contributed by atoms with van der Waals surface area (Å²) in [6.45, 7) is 5.23. The van der Waals surface area contributed by atoms with Gasteiger partial charge in [0.05, 0.1) is 11.2 Å². The average Bonchev–Trinajstić information content (AvgIpc) is 2.74. The summed E-state index contributed by atoms with van der Waals surface area (Å²) in [7, 11) is 0. The lowest BCUT2D eigenvalue weighted by Crippen LogP contribution is -2.06. The maximum absolute atomic E-state index is 5.97. The Kier molecular flexibility index (Phi) is 4.06. The van der Waals surface area contributed by atoms with Crippen molar-refractivity contribution in [1.29, 1.82) is 0 Å². The highest BCUT2D eigenvalue weighted by atomic mass is 35.5. The molecule has 0 aliphatic rings. The van der Waals surface area contributed by atoms with E-state index in [1.165, 1.54) is 16.6 Å². The van der Waals surface area contributed by atoms with Gasteiger partial charge in [-0.15, -0.1) is 11.6 Å². The Bertz CT molecular complexity index is 486. The number of fused-ring (bicyclic) bond motifs is 1. The Morgan fingerprint density at radius 3 is 2.71 bits per heavy atom. The van der Waals surface area contributed by atoms with Crippen molar-refractivity contribution in [3.05, 3.63) is 30.0 Å². The molecule has 0 saturated carbocycles. The molecule has 0 N–H and O–H groups in total. The molecule has 0 bridgehead atoms. The van der Waals surface area contributed by atoms with Gasteiger partial charge in [0.25, 0.3) is 0 Å². The van der Waals surface area contributed by atoms with E-state index < -0.39 is 0 Å². The molecule has 0 saturated heterocycles. The molecule has 1 heterocycles. The van der Waals surface area contributed by atoms with Crippen molar-refractivity contribution in [2.24, 2.45) is 5.92 Å². The molecule has 0 radical (unpaired) electrons. The van der Waals surface area contributed by atoms with E-state index in [9.17, 15) is 0 Å². The van der Waals surface area contributed by atoms with Crippen LogP contribution in [-0.2, 0) is 13.0 Å². The first kappa shape index (κ1) is 12.4. The Morgan fingerprint density at radius 1 is 1.29 bits per heavy atom. The molecule has 1 aromatic heterocycles. The first-order valence-corrected chi connectivity index (χ1v) is 6.84. The van der Waals surface area contributed by atoms with Crippen LogP contribution in [0.3, 0.4) is 0 Å². The third-order valence-corrected chi connectivity index (χ3v) is 3.75. The number of aromatic nitrogens is 2. The molecular formula is C14H19ClN2. The maximum atomic E-state index is 5.97. The second kappa shape index (κ2) is 5.54. The lowest BCUT2D eigenvalue weighted by molar-refractivity contribution is 0.550. The van der Waals surface area contributed by atoms with Crippen molar-refractivity contribution in [3.63, 3.8) is 0 Å². The van der Waals surface area contributed by atoms with Crippen molar-refractivity contribution in [3.8, 4) is 0 Å². The number of alkyl halides is 1. The van der Waals surface area contributed by atoms with E-state index >= 15 is 0 Å². The minimum absolute atomic E-state index is 0.528. The minimum atomic E-state index is 0.528. The van der Waals surface area contributed by atoms with Gasteiger partial charge in [-0.3, -0.25) is 4.68 Å². The first-order chi connectivity index (χ1) is 8.30. The SMILES string of the molecule is CCC(CCl)Cc1nn(CC)c2ccccc12. The lowest BCUT2D eigenvalue weighted by atomic mass is 10.0. The van der Waals surface area contributed by atoms with Crippen LogP contribution in [0.15, 0.2) is 24.3 Å². The molecule has 0 fully saturated rings. The number of rotatable bonds is 5. The molecule has 1 atom stereocenters. The second-order valence-corrected chi connectivity index (χ2v) is 4.72. The fourth-order valence-corrected chi connectivity index (χ4v) is 2.50. The van der Waals surface area contributed by atoms with Gasteiger partial charge in [0.15, 0.2) is 0 Å². The standard InChI is InChI=1S/C14H19ClN2/c1-3-11(10-15)9-13-12-7-5-6-8-14(12)17(4-2)16-13/h5-8,11H,3-4,9-10H2,1-2H3. The summed E-state index contributed by atoms with van der Waals surface area (Å²) >= 11 is 5.97. The van der Waals surface area contributed by atoms with Crippen molar-refractivity contribution < 1.29 is 0 Å². The van der Waals surface area contributed by atoms with E-state index in [0.29, 0.717) is 11.8 Å². The van der Waals surface area contributed by atoms with E-state index in [2.05, 4.69) is 42.8 Å². The molecule has 0 amide bonds. The van der Waals surface area contributed by atoms with Crippen molar-refractivity contribution in [1.82, 2.24) is 9.78 Å². The normalized spacial score (nSPS) is 13.1. The van der Waals surface area contributed by atoms with E-state index in [4.69, 9.17) is 16.7 Å². The average molecular weight is 251 g/mol. The monoisotopic (exact) mass is 250 g/mol. The van der Waals surface area contributed by atoms with Crippen molar-refractivity contribution in [2.75, 3.05) is 5.88 Å². The van der Waals surface area contributed by atoms with Crippen LogP contribution >= 0.6 is 11.6 Å². The third-order valence-electron chi connectivity index (χ3n) is 3.31. The molecule has 17 heavy (non-hydrogen) atoms. The van der Waals surface area contributed by atoms with E-state index in [-0.39, 0.29) is 0 Å². The van der Waals surface area contributed by atoms with Crippen LogP contribution in [0.25, 0.3) is 10.9 Å². The molecule has 0 spiro atoms. The summed E-state index contributed by atoms with van der Waals surface area (Å²) in [6, 6.07) is 8.44.